The summed E-state index contributed by atoms with van der Waals surface area (Å²) < 4.78 is 19.4. The largest absolute Gasteiger partial charge is 0.383 e. The number of benzene rings is 1. The number of pyridine rings is 1. The molecule has 1 aliphatic rings. The second-order valence-corrected chi connectivity index (χ2v) is 8.59. The van der Waals surface area contributed by atoms with E-state index in [-0.39, 0.29) is 17.3 Å². The molecule has 168 valence electrons. The molecule has 1 fully saturated rings. The molecule has 8 heteroatoms. The highest BCUT2D eigenvalue weighted by molar-refractivity contribution is 5.72. The van der Waals surface area contributed by atoms with Crippen molar-refractivity contribution in [1.29, 1.82) is 0 Å². The Morgan fingerprint density at radius 1 is 1.12 bits per heavy atom. The second-order valence-electron chi connectivity index (χ2n) is 8.59. The van der Waals surface area contributed by atoms with Crippen LogP contribution in [-0.2, 0) is 4.74 Å². The van der Waals surface area contributed by atoms with Gasteiger partial charge < -0.3 is 20.7 Å². The molecule has 32 heavy (non-hydrogen) atoms. The number of anilines is 4. The maximum Gasteiger partial charge on any atom is 0.150 e. The first-order valence-corrected chi connectivity index (χ1v) is 10.7. The summed E-state index contributed by atoms with van der Waals surface area (Å²) in [4.78, 5) is 15.2. The number of hydrogen-bond acceptors (Lipinski definition) is 7. The molecule has 3 aromatic rings. The molecule has 0 aliphatic carbocycles. The van der Waals surface area contributed by atoms with Crippen LogP contribution in [0.25, 0.3) is 0 Å². The summed E-state index contributed by atoms with van der Waals surface area (Å²) in [6.45, 7) is 7.90. The predicted molar refractivity (Wildman–Crippen MR) is 125 cm³/mol. The molecule has 0 amide bonds. The number of methoxy groups -OCH3 is 1. The smallest absolute Gasteiger partial charge is 0.150 e. The molecule has 0 saturated carbocycles. The summed E-state index contributed by atoms with van der Waals surface area (Å²) >= 11 is 0. The number of ether oxygens (including phenoxy) is 1. The lowest BCUT2D eigenvalue weighted by atomic mass is 9.81. The number of nitrogens with one attached hydrogen (secondary N) is 1. The molecule has 3 N–H and O–H groups in total. The van der Waals surface area contributed by atoms with Gasteiger partial charge in [0.05, 0.1) is 6.20 Å². The van der Waals surface area contributed by atoms with Crippen LogP contribution in [0, 0.1) is 11.7 Å². The Kier molecular flexibility index (Phi) is 5.97. The molecule has 1 aromatic carbocycles. The fourth-order valence-corrected chi connectivity index (χ4v) is 4.24. The first-order valence-electron chi connectivity index (χ1n) is 10.7. The fraction of sp³-hybridized carbons (Fsp3) is 0.375. The van der Waals surface area contributed by atoms with E-state index < -0.39 is 0 Å². The van der Waals surface area contributed by atoms with Gasteiger partial charge in [0.2, 0.25) is 0 Å². The average Bonchev–Trinajstić information content (AvgIpc) is 2.74. The average molecular weight is 437 g/mol. The Hall–Kier alpha value is -3.26. The third kappa shape index (κ3) is 4.10. The Morgan fingerprint density at radius 3 is 2.44 bits per heavy atom. The van der Waals surface area contributed by atoms with Crippen LogP contribution in [0.3, 0.4) is 0 Å². The summed E-state index contributed by atoms with van der Waals surface area (Å²) in [5.74, 6) is 1.64. The Morgan fingerprint density at radius 2 is 1.84 bits per heavy atom. The van der Waals surface area contributed by atoms with Gasteiger partial charge in [-0.1, -0.05) is 32.9 Å². The van der Waals surface area contributed by atoms with Crippen LogP contribution in [0.1, 0.15) is 37.8 Å². The standard InChI is InChI=1S/C24H29FN6O/c1-15(2)24(32-4)13-31(14-24)19-11-20(29-21-12-27-9-10-28-21)30-23(26)22(19)16(3)17-5-7-18(25)8-6-17/h5-12,15-16H,13-14H2,1-4H3,(H3,26,28,29,30). The van der Waals surface area contributed by atoms with Crippen molar-refractivity contribution < 1.29 is 9.13 Å². The lowest BCUT2D eigenvalue weighted by Gasteiger charge is -2.53. The Balaban J connectivity index is 1.73. The van der Waals surface area contributed by atoms with Crippen LogP contribution in [0.2, 0.25) is 0 Å². The van der Waals surface area contributed by atoms with Crippen molar-refractivity contribution in [2.24, 2.45) is 5.92 Å². The van der Waals surface area contributed by atoms with Gasteiger partial charge in [0.1, 0.15) is 28.9 Å². The Bertz CT molecular complexity index is 1070. The highest BCUT2D eigenvalue weighted by Gasteiger charge is 2.47. The van der Waals surface area contributed by atoms with Crippen molar-refractivity contribution >= 4 is 23.1 Å². The van der Waals surface area contributed by atoms with Crippen molar-refractivity contribution in [1.82, 2.24) is 15.0 Å². The van der Waals surface area contributed by atoms with Gasteiger partial charge in [0.15, 0.2) is 0 Å². The number of aromatic nitrogens is 3. The third-order valence-corrected chi connectivity index (χ3v) is 6.40. The lowest BCUT2D eigenvalue weighted by molar-refractivity contribution is -0.0684. The van der Waals surface area contributed by atoms with Crippen molar-refractivity contribution in [3.8, 4) is 0 Å². The molecule has 1 aliphatic heterocycles. The van der Waals surface area contributed by atoms with Crippen molar-refractivity contribution in [2.45, 2.75) is 32.3 Å². The zero-order valence-corrected chi connectivity index (χ0v) is 18.8. The molecule has 1 atom stereocenters. The number of nitrogens with zero attached hydrogens (tertiary/aromatic N) is 4. The molecule has 1 unspecified atom stereocenters. The normalized spacial score (nSPS) is 16.0. The minimum absolute atomic E-state index is 0.0692. The first-order chi connectivity index (χ1) is 15.3. The molecule has 2 aromatic heterocycles. The second kappa shape index (κ2) is 8.70. The molecule has 3 heterocycles. The minimum Gasteiger partial charge on any atom is -0.383 e. The zero-order chi connectivity index (χ0) is 22.9. The lowest BCUT2D eigenvalue weighted by Crippen LogP contribution is -2.66. The Labute approximate surface area is 187 Å². The summed E-state index contributed by atoms with van der Waals surface area (Å²) in [5, 5.41) is 3.19. The van der Waals surface area contributed by atoms with Gasteiger partial charge in [0, 0.05) is 55.8 Å². The van der Waals surface area contributed by atoms with E-state index in [1.807, 2.05) is 6.07 Å². The summed E-state index contributed by atoms with van der Waals surface area (Å²) in [7, 11) is 1.77. The maximum atomic E-state index is 13.5. The predicted octanol–water partition coefficient (Wildman–Crippen LogP) is 4.35. The molecule has 4 rings (SSSR count). The molecule has 7 nitrogen and oxygen atoms in total. The molecule has 0 spiro atoms. The van der Waals surface area contributed by atoms with Crippen LogP contribution in [0.5, 0.6) is 0 Å². The zero-order valence-electron chi connectivity index (χ0n) is 18.8. The van der Waals surface area contributed by atoms with Gasteiger partial charge in [-0.25, -0.2) is 14.4 Å². The maximum absolute atomic E-state index is 13.5. The van der Waals surface area contributed by atoms with E-state index in [0.717, 1.165) is 29.9 Å². The SMILES string of the molecule is COC1(C(C)C)CN(c2cc(Nc3cnccn3)nc(N)c2C(C)c2ccc(F)cc2)C1. The number of hydrogen-bond donors (Lipinski definition) is 2. The van der Waals surface area contributed by atoms with Gasteiger partial charge in [-0.2, -0.15) is 0 Å². The van der Waals surface area contributed by atoms with Crippen LogP contribution >= 0.6 is 0 Å². The van der Waals surface area contributed by atoms with E-state index in [1.165, 1.54) is 12.1 Å². The quantitative estimate of drug-likeness (QED) is 0.569. The van der Waals surface area contributed by atoms with Crippen LogP contribution in [0.15, 0.2) is 48.9 Å². The van der Waals surface area contributed by atoms with Gasteiger partial charge in [-0.15, -0.1) is 0 Å². The monoisotopic (exact) mass is 436 g/mol. The van der Waals surface area contributed by atoms with Crippen molar-refractivity contribution in [3.63, 3.8) is 0 Å². The molecular formula is C24H29FN6O. The third-order valence-electron chi connectivity index (χ3n) is 6.40. The molecular weight excluding hydrogens is 407 g/mol. The highest BCUT2D eigenvalue weighted by atomic mass is 19.1. The number of rotatable bonds is 7. The minimum atomic E-state index is -0.264. The van der Waals surface area contributed by atoms with E-state index in [1.54, 1.807) is 37.8 Å². The van der Waals surface area contributed by atoms with E-state index in [2.05, 4.69) is 45.9 Å². The van der Waals surface area contributed by atoms with Crippen LogP contribution in [0.4, 0.5) is 27.5 Å². The summed E-state index contributed by atoms with van der Waals surface area (Å²) in [5.41, 5.74) is 9.16. The molecule has 0 bridgehead atoms. The van der Waals surface area contributed by atoms with Gasteiger partial charge >= 0.3 is 0 Å². The van der Waals surface area contributed by atoms with E-state index in [0.29, 0.717) is 23.4 Å². The van der Waals surface area contributed by atoms with Crippen LogP contribution in [-0.4, -0.2) is 40.8 Å². The highest BCUT2D eigenvalue weighted by Crippen LogP contribution is 2.43. The molecule has 1 saturated heterocycles. The topological polar surface area (TPSA) is 89.2 Å². The molecule has 0 radical (unpaired) electrons. The number of nitrogen functional groups attached to an aromatic ring is 1. The summed E-state index contributed by atoms with van der Waals surface area (Å²) in [6, 6.07) is 8.51. The van der Waals surface area contributed by atoms with Crippen molar-refractivity contribution in [3.05, 3.63) is 65.9 Å². The van der Waals surface area contributed by atoms with E-state index in [4.69, 9.17) is 10.5 Å². The van der Waals surface area contributed by atoms with Crippen LogP contribution < -0.4 is 16.0 Å². The van der Waals surface area contributed by atoms with E-state index in [9.17, 15) is 4.39 Å². The van der Waals surface area contributed by atoms with E-state index >= 15 is 0 Å². The van der Waals surface area contributed by atoms with Crippen molar-refractivity contribution in [2.75, 3.05) is 36.1 Å². The first kappa shape index (κ1) is 22.0. The van der Waals surface area contributed by atoms with Gasteiger partial charge in [0.25, 0.3) is 0 Å². The number of nitrogens with two attached hydrogens (primary N) is 1. The summed E-state index contributed by atoms with van der Waals surface area (Å²) in [6.07, 6.45) is 4.86. The van der Waals surface area contributed by atoms with Gasteiger partial charge in [-0.3, -0.25) is 4.98 Å². The van der Waals surface area contributed by atoms with Gasteiger partial charge in [-0.05, 0) is 23.6 Å². The fourth-order valence-electron chi connectivity index (χ4n) is 4.24. The number of halogens is 1.